The summed E-state index contributed by atoms with van der Waals surface area (Å²) in [7, 11) is 0. The van der Waals surface area contributed by atoms with Gasteiger partial charge in [-0.3, -0.25) is 0 Å². The first-order chi connectivity index (χ1) is 13.3. The van der Waals surface area contributed by atoms with Crippen LogP contribution in [0.3, 0.4) is 0 Å². The van der Waals surface area contributed by atoms with Crippen molar-refractivity contribution in [3.8, 4) is 0 Å². The van der Waals surface area contributed by atoms with Gasteiger partial charge >= 0.3 is 0 Å². The minimum absolute atomic E-state index is 0.436. The molecule has 2 unspecified atom stereocenters. The molecule has 0 saturated carbocycles. The summed E-state index contributed by atoms with van der Waals surface area (Å²) >= 11 is 0. The molecule has 2 aliphatic carbocycles. The number of rotatable bonds is 7. The third kappa shape index (κ3) is 3.58. The summed E-state index contributed by atoms with van der Waals surface area (Å²) in [5.74, 6) is 0.885. The van der Waals surface area contributed by atoms with Crippen molar-refractivity contribution >= 4 is 6.08 Å². The summed E-state index contributed by atoms with van der Waals surface area (Å²) < 4.78 is 0. The van der Waals surface area contributed by atoms with Gasteiger partial charge in [0.2, 0.25) is 0 Å². The van der Waals surface area contributed by atoms with Crippen molar-refractivity contribution in [3.63, 3.8) is 0 Å². The Labute approximate surface area is 164 Å². The van der Waals surface area contributed by atoms with Gasteiger partial charge in [0.1, 0.15) is 0 Å². The summed E-state index contributed by atoms with van der Waals surface area (Å²) in [5.41, 5.74) is 9.02. The number of aryl methyl sites for hydroxylation is 2. The van der Waals surface area contributed by atoms with Gasteiger partial charge in [0.05, 0.1) is 0 Å². The Hall–Kier alpha value is -2.34. The summed E-state index contributed by atoms with van der Waals surface area (Å²) in [6, 6.07) is 15.8. The van der Waals surface area contributed by atoms with Gasteiger partial charge in [-0.1, -0.05) is 98.2 Å². The molecule has 2 aromatic carbocycles. The van der Waals surface area contributed by atoms with Crippen molar-refractivity contribution in [3.05, 3.63) is 100 Å². The molecule has 2 atom stereocenters. The number of hydrogen-bond donors (Lipinski definition) is 0. The molecule has 27 heavy (non-hydrogen) atoms. The molecule has 0 aromatic heterocycles. The quantitative estimate of drug-likeness (QED) is 0.451. The zero-order valence-electron chi connectivity index (χ0n) is 16.6. The smallest absolute Gasteiger partial charge is 0.0158 e. The SMILES string of the molecule is CCCCCc1ccc(C)c2c1C(C(C1=CC=CC1)c1ccccc1)C=C2. The van der Waals surface area contributed by atoms with Gasteiger partial charge in [0.25, 0.3) is 0 Å². The first kappa shape index (κ1) is 18.0. The average Bonchev–Trinajstić information content (AvgIpc) is 3.37. The van der Waals surface area contributed by atoms with E-state index in [1.54, 1.807) is 16.7 Å². The Morgan fingerprint density at radius 3 is 2.63 bits per heavy atom. The minimum Gasteiger partial charge on any atom is -0.0804 e. The standard InChI is InChI=1S/C27H30/c1-3-4-6-11-23-17-16-20(2)24-18-19-25(27(23)24)26(22-14-9-10-15-22)21-12-7-5-8-13-21/h5,7-10,12-14,16-19,25-26H,3-4,6,11,15H2,1-2H3. The van der Waals surface area contributed by atoms with Crippen LogP contribution in [0.5, 0.6) is 0 Å². The fraction of sp³-hybridized carbons (Fsp3) is 0.333. The van der Waals surface area contributed by atoms with Gasteiger partial charge in [-0.2, -0.15) is 0 Å². The molecule has 0 bridgehead atoms. The van der Waals surface area contributed by atoms with Crippen LogP contribution in [0.15, 0.2) is 72.3 Å². The molecule has 4 rings (SSSR count). The van der Waals surface area contributed by atoms with Crippen molar-refractivity contribution in [2.45, 2.75) is 57.8 Å². The Morgan fingerprint density at radius 2 is 1.89 bits per heavy atom. The molecule has 138 valence electrons. The third-order valence-corrected chi connectivity index (χ3v) is 6.17. The first-order valence-electron chi connectivity index (χ1n) is 10.5. The van der Waals surface area contributed by atoms with E-state index in [0.717, 1.165) is 6.42 Å². The summed E-state index contributed by atoms with van der Waals surface area (Å²) in [6.07, 6.45) is 17.9. The van der Waals surface area contributed by atoms with Crippen LogP contribution in [0.1, 0.15) is 72.3 Å². The van der Waals surface area contributed by atoms with Gasteiger partial charge in [0, 0.05) is 11.8 Å². The van der Waals surface area contributed by atoms with Crippen molar-refractivity contribution in [2.24, 2.45) is 0 Å². The molecular formula is C27H30. The van der Waals surface area contributed by atoms with Crippen molar-refractivity contribution in [1.29, 1.82) is 0 Å². The van der Waals surface area contributed by atoms with Crippen LogP contribution in [-0.4, -0.2) is 0 Å². The van der Waals surface area contributed by atoms with E-state index >= 15 is 0 Å². The molecule has 0 amide bonds. The van der Waals surface area contributed by atoms with Crippen LogP contribution >= 0.6 is 0 Å². The van der Waals surface area contributed by atoms with Gasteiger partial charge in [-0.05, 0) is 54.0 Å². The normalized spacial score (nSPS) is 18.6. The summed E-state index contributed by atoms with van der Waals surface area (Å²) in [4.78, 5) is 0. The molecule has 0 heterocycles. The highest BCUT2D eigenvalue weighted by Crippen LogP contribution is 2.48. The Bertz CT molecular complexity index is 880. The van der Waals surface area contributed by atoms with E-state index in [-0.39, 0.29) is 0 Å². The lowest BCUT2D eigenvalue weighted by molar-refractivity contribution is 0.675. The Kier molecular flexibility index (Phi) is 5.43. The second kappa shape index (κ2) is 8.13. The molecule has 0 spiro atoms. The molecule has 2 aromatic rings. The average molecular weight is 355 g/mol. The lowest BCUT2D eigenvalue weighted by Gasteiger charge is -2.28. The number of hydrogen-bond acceptors (Lipinski definition) is 0. The first-order valence-corrected chi connectivity index (χ1v) is 10.5. The van der Waals surface area contributed by atoms with Crippen LogP contribution in [0.2, 0.25) is 0 Å². The summed E-state index contributed by atoms with van der Waals surface area (Å²) in [5, 5.41) is 0. The minimum atomic E-state index is 0.436. The lowest BCUT2D eigenvalue weighted by Crippen LogP contribution is -2.13. The van der Waals surface area contributed by atoms with E-state index in [1.165, 1.54) is 42.4 Å². The fourth-order valence-corrected chi connectivity index (χ4v) is 4.77. The Balaban J connectivity index is 1.76. The monoisotopic (exact) mass is 354 g/mol. The molecule has 0 fully saturated rings. The molecule has 2 aliphatic rings. The van der Waals surface area contributed by atoms with Crippen LogP contribution < -0.4 is 0 Å². The van der Waals surface area contributed by atoms with Crippen LogP contribution in [0.25, 0.3) is 6.08 Å². The van der Waals surface area contributed by atoms with Gasteiger partial charge in [-0.15, -0.1) is 0 Å². The van der Waals surface area contributed by atoms with E-state index < -0.39 is 0 Å². The molecule has 0 heteroatoms. The zero-order valence-corrected chi connectivity index (χ0v) is 16.6. The van der Waals surface area contributed by atoms with E-state index in [9.17, 15) is 0 Å². The highest BCUT2D eigenvalue weighted by Gasteiger charge is 2.32. The van der Waals surface area contributed by atoms with E-state index in [4.69, 9.17) is 0 Å². The van der Waals surface area contributed by atoms with Crippen LogP contribution in [0.4, 0.5) is 0 Å². The topological polar surface area (TPSA) is 0 Å². The maximum absolute atomic E-state index is 2.47. The second-order valence-corrected chi connectivity index (χ2v) is 7.97. The van der Waals surface area contributed by atoms with Crippen LogP contribution in [-0.2, 0) is 6.42 Å². The second-order valence-electron chi connectivity index (χ2n) is 7.97. The summed E-state index contributed by atoms with van der Waals surface area (Å²) in [6.45, 7) is 4.55. The number of benzene rings is 2. The van der Waals surface area contributed by atoms with Crippen molar-refractivity contribution in [1.82, 2.24) is 0 Å². The van der Waals surface area contributed by atoms with E-state index in [1.807, 2.05) is 0 Å². The van der Waals surface area contributed by atoms with Gasteiger partial charge in [-0.25, -0.2) is 0 Å². The highest BCUT2D eigenvalue weighted by molar-refractivity contribution is 5.69. The highest BCUT2D eigenvalue weighted by atomic mass is 14.4. The largest absolute Gasteiger partial charge is 0.0804 e. The van der Waals surface area contributed by atoms with E-state index in [2.05, 4.69) is 86.7 Å². The van der Waals surface area contributed by atoms with Crippen LogP contribution in [0, 0.1) is 6.92 Å². The number of unbranched alkanes of at least 4 members (excludes halogenated alkanes) is 2. The maximum atomic E-state index is 2.47. The molecule has 0 N–H and O–H groups in total. The molecule has 0 saturated heterocycles. The maximum Gasteiger partial charge on any atom is 0.0158 e. The molecule has 0 nitrogen and oxygen atoms in total. The molecular weight excluding hydrogens is 324 g/mol. The number of fused-ring (bicyclic) bond motifs is 1. The van der Waals surface area contributed by atoms with E-state index in [0.29, 0.717) is 11.8 Å². The zero-order chi connectivity index (χ0) is 18.6. The molecule has 0 radical (unpaired) electrons. The molecule has 0 aliphatic heterocycles. The van der Waals surface area contributed by atoms with Gasteiger partial charge < -0.3 is 0 Å². The number of allylic oxidation sites excluding steroid dienone is 5. The predicted octanol–water partition coefficient (Wildman–Crippen LogP) is 7.51. The lowest BCUT2D eigenvalue weighted by atomic mass is 9.75. The predicted molar refractivity (Wildman–Crippen MR) is 117 cm³/mol. The van der Waals surface area contributed by atoms with Gasteiger partial charge in [0.15, 0.2) is 0 Å². The third-order valence-electron chi connectivity index (χ3n) is 6.17. The van der Waals surface area contributed by atoms with Crippen molar-refractivity contribution in [2.75, 3.05) is 0 Å². The fourth-order valence-electron chi connectivity index (χ4n) is 4.77. The van der Waals surface area contributed by atoms with Crippen molar-refractivity contribution < 1.29 is 0 Å². The Morgan fingerprint density at radius 1 is 1.04 bits per heavy atom.